The number of ether oxygens (including phenoxy) is 3. The summed E-state index contributed by atoms with van der Waals surface area (Å²) in [6.45, 7) is 6.02. The predicted octanol–water partition coefficient (Wildman–Crippen LogP) is 5.36. The highest BCUT2D eigenvalue weighted by Gasteiger charge is 2.35. The molecule has 2 aromatic heterocycles. The number of benzene rings is 3. The van der Waals surface area contributed by atoms with Crippen molar-refractivity contribution in [1.82, 2.24) is 9.13 Å². The molecule has 3 aromatic carbocycles. The average Bonchev–Trinajstić information content (AvgIpc) is 3.53. The molecule has 6 rings (SSSR count). The Hall–Kier alpha value is -5.15. The normalized spacial score (nSPS) is 14.6. The van der Waals surface area contributed by atoms with Crippen LogP contribution >= 0.6 is 11.3 Å². The highest BCUT2D eigenvalue weighted by atomic mass is 32.1. The van der Waals surface area contributed by atoms with Gasteiger partial charge < -0.3 is 18.8 Å². The van der Waals surface area contributed by atoms with Crippen LogP contribution in [0.5, 0.6) is 11.5 Å². The molecule has 0 unspecified atom stereocenters. The second-order valence-electron chi connectivity index (χ2n) is 10.5. The van der Waals surface area contributed by atoms with E-state index in [1.54, 1.807) is 37.8 Å². The Morgan fingerprint density at radius 2 is 1.62 bits per heavy atom. The zero-order valence-corrected chi connectivity index (χ0v) is 26.6. The molecule has 0 amide bonds. The second-order valence-corrected chi connectivity index (χ2v) is 11.6. The Balaban J connectivity index is 1.63. The lowest BCUT2D eigenvalue weighted by Gasteiger charge is -2.26. The summed E-state index contributed by atoms with van der Waals surface area (Å²) in [6, 6.07) is 26.3. The van der Waals surface area contributed by atoms with Gasteiger partial charge in [-0.05, 0) is 68.3 Å². The van der Waals surface area contributed by atoms with Crippen LogP contribution in [-0.2, 0) is 9.53 Å². The van der Waals surface area contributed by atoms with E-state index in [1.807, 2.05) is 74.5 Å². The van der Waals surface area contributed by atoms with Crippen LogP contribution in [0.25, 0.3) is 17.5 Å². The number of para-hydroxylation sites is 1. The van der Waals surface area contributed by atoms with Crippen molar-refractivity contribution in [2.24, 2.45) is 4.99 Å². The quantitative estimate of drug-likeness (QED) is 0.219. The van der Waals surface area contributed by atoms with Gasteiger partial charge in [-0.2, -0.15) is 0 Å². The van der Waals surface area contributed by atoms with Crippen LogP contribution in [0.2, 0.25) is 0 Å². The van der Waals surface area contributed by atoms with Crippen molar-refractivity contribution in [3.63, 3.8) is 0 Å². The molecule has 0 saturated carbocycles. The maximum atomic E-state index is 14.4. The summed E-state index contributed by atoms with van der Waals surface area (Å²) >= 11 is 1.29. The molecule has 0 radical (unpaired) electrons. The maximum Gasteiger partial charge on any atom is 0.338 e. The number of methoxy groups -OCH3 is 2. The number of hydrogen-bond donors (Lipinski definition) is 0. The molecule has 0 N–H and O–H groups in total. The third kappa shape index (κ3) is 5.40. The summed E-state index contributed by atoms with van der Waals surface area (Å²) in [5.41, 5.74) is 5.93. The van der Waals surface area contributed by atoms with Gasteiger partial charge in [0.05, 0.1) is 42.7 Å². The number of carbonyl (C=O) groups excluding carboxylic acids is 1. The zero-order chi connectivity index (χ0) is 31.7. The van der Waals surface area contributed by atoms with Crippen LogP contribution < -0.4 is 24.4 Å². The van der Waals surface area contributed by atoms with Gasteiger partial charge in [0.2, 0.25) is 0 Å². The molecule has 228 valence electrons. The fourth-order valence-electron chi connectivity index (χ4n) is 5.83. The van der Waals surface area contributed by atoms with Crippen molar-refractivity contribution in [2.75, 3.05) is 20.8 Å². The summed E-state index contributed by atoms with van der Waals surface area (Å²) < 4.78 is 20.9. The molecule has 8 nitrogen and oxygen atoms in total. The highest BCUT2D eigenvalue weighted by molar-refractivity contribution is 7.07. The minimum atomic E-state index is -0.825. The van der Waals surface area contributed by atoms with Gasteiger partial charge in [-0.15, -0.1) is 0 Å². The Labute approximate surface area is 264 Å². The molecule has 1 aliphatic rings. The number of hydrogen-bond acceptors (Lipinski definition) is 7. The minimum absolute atomic E-state index is 0.171. The van der Waals surface area contributed by atoms with E-state index >= 15 is 0 Å². The topological polar surface area (TPSA) is 84.1 Å². The molecule has 5 aromatic rings. The number of aromatic nitrogens is 2. The third-order valence-corrected chi connectivity index (χ3v) is 8.85. The fraction of sp³-hybridized carbons (Fsp3) is 0.194. The van der Waals surface area contributed by atoms with Gasteiger partial charge in [0.25, 0.3) is 5.56 Å². The Bertz CT molecular complexity index is 2110. The number of thiazole rings is 1. The van der Waals surface area contributed by atoms with Crippen molar-refractivity contribution in [1.29, 1.82) is 0 Å². The van der Waals surface area contributed by atoms with E-state index in [2.05, 4.69) is 22.8 Å². The molecule has 3 heterocycles. The first kappa shape index (κ1) is 29.9. The van der Waals surface area contributed by atoms with Crippen LogP contribution in [0, 0.1) is 13.8 Å². The van der Waals surface area contributed by atoms with Gasteiger partial charge in [-0.3, -0.25) is 9.36 Å². The second kappa shape index (κ2) is 12.5. The monoisotopic (exact) mass is 619 g/mol. The van der Waals surface area contributed by atoms with Gasteiger partial charge in [0, 0.05) is 22.6 Å². The predicted molar refractivity (Wildman–Crippen MR) is 176 cm³/mol. The largest absolute Gasteiger partial charge is 0.493 e. The smallest absolute Gasteiger partial charge is 0.338 e. The van der Waals surface area contributed by atoms with Crippen LogP contribution in [0.1, 0.15) is 41.0 Å². The summed E-state index contributed by atoms with van der Waals surface area (Å²) in [5.74, 6) is 0.472. The van der Waals surface area contributed by atoms with Gasteiger partial charge in [0.1, 0.15) is 0 Å². The number of carbonyl (C=O) groups is 1. The fourth-order valence-corrected chi connectivity index (χ4v) is 6.82. The molecular weight excluding hydrogens is 586 g/mol. The molecule has 0 saturated heterocycles. The molecule has 1 aliphatic heterocycles. The molecule has 0 bridgehead atoms. The van der Waals surface area contributed by atoms with Crippen molar-refractivity contribution >= 4 is 29.1 Å². The first-order chi connectivity index (χ1) is 21.9. The van der Waals surface area contributed by atoms with E-state index in [9.17, 15) is 9.59 Å². The number of rotatable bonds is 8. The Morgan fingerprint density at radius 3 is 2.29 bits per heavy atom. The first-order valence-electron chi connectivity index (χ1n) is 14.6. The van der Waals surface area contributed by atoms with Crippen LogP contribution in [-0.4, -0.2) is 35.9 Å². The van der Waals surface area contributed by atoms with Crippen LogP contribution in [0.3, 0.4) is 0 Å². The van der Waals surface area contributed by atoms with Crippen molar-refractivity contribution in [2.45, 2.75) is 26.8 Å². The minimum Gasteiger partial charge on any atom is -0.493 e. The number of nitrogens with zero attached hydrogens (tertiary/aromatic N) is 3. The Kier molecular flexibility index (Phi) is 8.28. The highest BCUT2D eigenvalue weighted by Crippen LogP contribution is 2.38. The lowest BCUT2D eigenvalue weighted by molar-refractivity contribution is -0.138. The molecule has 0 fully saturated rings. The summed E-state index contributed by atoms with van der Waals surface area (Å²) in [5, 5.41) is 0. The molecule has 9 heteroatoms. The van der Waals surface area contributed by atoms with Gasteiger partial charge in [-0.1, -0.05) is 65.9 Å². The summed E-state index contributed by atoms with van der Waals surface area (Å²) in [6.07, 6.45) is 1.91. The third-order valence-electron chi connectivity index (χ3n) is 7.87. The zero-order valence-electron chi connectivity index (χ0n) is 25.7. The van der Waals surface area contributed by atoms with Crippen molar-refractivity contribution < 1.29 is 19.0 Å². The van der Waals surface area contributed by atoms with Gasteiger partial charge >= 0.3 is 5.97 Å². The van der Waals surface area contributed by atoms with Gasteiger partial charge in [0.15, 0.2) is 16.3 Å². The van der Waals surface area contributed by atoms with E-state index in [0.717, 1.165) is 28.2 Å². The number of esters is 1. The molecule has 0 aliphatic carbocycles. The lowest BCUT2D eigenvalue weighted by atomic mass is 9.93. The standard InChI is InChI=1S/C36H33N3O5S/c1-6-44-35(41)31-32(24-13-9-7-10-14-24)37-36-39(33(31)25-17-18-28(42-4)29(20-25)43-5)34(40)30(45-36)21-26-19-22(2)38(23(26)3)27-15-11-8-12-16-27/h7-21,33H,6H2,1-5H3/b30-21-/t33-/m0/s1. The van der Waals surface area contributed by atoms with E-state index in [-0.39, 0.29) is 17.7 Å². The molecule has 0 spiro atoms. The molecular formula is C36H33N3O5S. The van der Waals surface area contributed by atoms with E-state index in [0.29, 0.717) is 32.1 Å². The molecule has 1 atom stereocenters. The van der Waals surface area contributed by atoms with Crippen LogP contribution in [0.15, 0.2) is 100 Å². The Morgan fingerprint density at radius 1 is 0.933 bits per heavy atom. The number of aryl methyl sites for hydroxylation is 1. The summed E-state index contributed by atoms with van der Waals surface area (Å²) in [7, 11) is 3.11. The SMILES string of the molecule is CCOC(=O)C1=C(c2ccccc2)N=c2s/c(=C\c3cc(C)n(-c4ccccc4)c3C)c(=O)n2[C@H]1c1ccc(OC)c(OC)c1. The summed E-state index contributed by atoms with van der Waals surface area (Å²) in [4.78, 5) is 33.6. The first-order valence-corrected chi connectivity index (χ1v) is 15.4. The van der Waals surface area contributed by atoms with Crippen molar-refractivity contribution in [3.05, 3.63) is 138 Å². The van der Waals surface area contributed by atoms with Gasteiger partial charge in [-0.25, -0.2) is 9.79 Å². The number of fused-ring (bicyclic) bond motifs is 1. The maximum absolute atomic E-state index is 14.4. The van der Waals surface area contributed by atoms with E-state index in [4.69, 9.17) is 19.2 Å². The van der Waals surface area contributed by atoms with Crippen molar-refractivity contribution in [3.8, 4) is 17.2 Å². The molecule has 45 heavy (non-hydrogen) atoms. The average molecular weight is 620 g/mol. The lowest BCUT2D eigenvalue weighted by Crippen LogP contribution is -2.40. The van der Waals surface area contributed by atoms with Crippen LogP contribution in [0.4, 0.5) is 0 Å². The van der Waals surface area contributed by atoms with E-state index < -0.39 is 12.0 Å². The van der Waals surface area contributed by atoms with E-state index in [1.165, 1.54) is 11.3 Å².